The minimum absolute atomic E-state index is 0.0242. The van der Waals surface area contributed by atoms with Gasteiger partial charge in [-0.15, -0.1) is 0 Å². The summed E-state index contributed by atoms with van der Waals surface area (Å²) in [7, 11) is -3.62. The molecule has 1 aromatic carbocycles. The van der Waals surface area contributed by atoms with Crippen LogP contribution in [0, 0.1) is 19.8 Å². The minimum atomic E-state index is -5.08. The number of aliphatic carboxylic acids is 1. The van der Waals surface area contributed by atoms with Crippen LogP contribution in [0.2, 0.25) is 0 Å². The van der Waals surface area contributed by atoms with E-state index in [-0.39, 0.29) is 24.8 Å². The van der Waals surface area contributed by atoms with Crippen molar-refractivity contribution < 1.29 is 36.3 Å². The molecule has 12 heteroatoms. The first-order valence-corrected chi connectivity index (χ1v) is 12.0. The van der Waals surface area contributed by atoms with Gasteiger partial charge in [-0.2, -0.15) is 17.5 Å². The van der Waals surface area contributed by atoms with Crippen molar-refractivity contribution in [3.05, 3.63) is 29.3 Å². The molecule has 1 aliphatic heterocycles. The summed E-state index contributed by atoms with van der Waals surface area (Å²) < 4.78 is 59.6. The van der Waals surface area contributed by atoms with Gasteiger partial charge in [-0.1, -0.05) is 31.5 Å². The lowest BCUT2D eigenvalue weighted by Crippen LogP contribution is -2.47. The predicted molar refractivity (Wildman–Crippen MR) is 117 cm³/mol. The monoisotopic (exact) mass is 495 g/mol. The van der Waals surface area contributed by atoms with Crippen LogP contribution < -0.4 is 5.32 Å². The minimum Gasteiger partial charge on any atom is -0.475 e. The molecule has 188 valence electrons. The maximum absolute atomic E-state index is 13.2. The van der Waals surface area contributed by atoms with Crippen LogP contribution in [0.5, 0.6) is 0 Å². The van der Waals surface area contributed by atoms with E-state index in [1.807, 2.05) is 44.7 Å². The molecule has 0 atom stereocenters. The second-order valence-electron chi connectivity index (χ2n) is 8.21. The molecule has 1 saturated heterocycles. The van der Waals surface area contributed by atoms with Crippen LogP contribution in [-0.2, 0) is 19.6 Å². The number of aryl methyl sites for hydroxylation is 2. The molecular weight excluding hydrogens is 463 g/mol. The molecule has 1 aromatic rings. The van der Waals surface area contributed by atoms with Crippen LogP contribution in [0.15, 0.2) is 23.1 Å². The molecule has 1 heterocycles. The molecule has 33 heavy (non-hydrogen) atoms. The number of hydrogen-bond acceptors (Lipinski definition) is 5. The standard InChI is InChI=1S/C19H31N3O3S.C2HF3O2/c1-15(2)14-22(10-7-19(23)21-11-8-20-9-12-21)26(24,25)18-6-5-16(3)13-17(18)4;3-2(4,5)1(6)7/h5-6,13,15,20H,7-12,14H2,1-4H3;(H,6,7). The fourth-order valence-corrected chi connectivity index (χ4v) is 5.05. The number of alkyl halides is 3. The van der Waals surface area contributed by atoms with Crippen molar-refractivity contribution >= 4 is 21.9 Å². The number of carboxylic acids is 1. The number of carboxylic acid groups (broad SMARTS) is 1. The van der Waals surface area contributed by atoms with Crippen LogP contribution in [0.4, 0.5) is 13.2 Å². The van der Waals surface area contributed by atoms with E-state index < -0.39 is 22.2 Å². The van der Waals surface area contributed by atoms with Gasteiger partial charge in [0.1, 0.15) is 0 Å². The third-order valence-electron chi connectivity index (χ3n) is 4.80. The number of rotatable bonds is 7. The highest BCUT2D eigenvalue weighted by Gasteiger charge is 2.38. The normalized spacial score (nSPS) is 14.8. The topological polar surface area (TPSA) is 107 Å². The summed E-state index contributed by atoms with van der Waals surface area (Å²) in [5.41, 5.74) is 1.78. The zero-order valence-electron chi connectivity index (χ0n) is 19.3. The van der Waals surface area contributed by atoms with Crippen LogP contribution >= 0.6 is 0 Å². The Hall–Kier alpha value is -2.18. The SMILES string of the molecule is Cc1ccc(S(=O)(=O)N(CCC(=O)N2CCNCC2)CC(C)C)c(C)c1.O=C(O)C(F)(F)F. The average molecular weight is 496 g/mol. The van der Waals surface area contributed by atoms with Crippen molar-refractivity contribution in [2.75, 3.05) is 39.3 Å². The number of nitrogens with one attached hydrogen (secondary N) is 1. The molecule has 0 saturated carbocycles. The summed E-state index contributed by atoms with van der Waals surface area (Å²) in [5, 5.41) is 10.3. The van der Waals surface area contributed by atoms with Crippen LogP contribution in [0.3, 0.4) is 0 Å². The molecule has 8 nitrogen and oxygen atoms in total. The second-order valence-corrected chi connectivity index (χ2v) is 10.1. The van der Waals surface area contributed by atoms with E-state index >= 15 is 0 Å². The summed E-state index contributed by atoms with van der Waals surface area (Å²) in [4.78, 5) is 23.5. The molecule has 2 N–H and O–H groups in total. The van der Waals surface area contributed by atoms with Gasteiger partial charge in [-0.3, -0.25) is 4.79 Å². The van der Waals surface area contributed by atoms with Gasteiger partial charge in [0.05, 0.1) is 4.90 Å². The van der Waals surface area contributed by atoms with Crippen molar-refractivity contribution in [2.24, 2.45) is 5.92 Å². The first kappa shape index (κ1) is 28.9. The molecule has 0 aliphatic carbocycles. The molecule has 0 bridgehead atoms. The van der Waals surface area contributed by atoms with Crippen LogP contribution in [0.25, 0.3) is 0 Å². The molecule has 0 spiro atoms. The van der Waals surface area contributed by atoms with Gasteiger partial charge >= 0.3 is 12.1 Å². The Morgan fingerprint density at radius 1 is 1.18 bits per heavy atom. The molecule has 1 aliphatic rings. The number of halogens is 3. The van der Waals surface area contributed by atoms with Crippen molar-refractivity contribution in [2.45, 2.75) is 45.2 Å². The number of hydrogen-bond donors (Lipinski definition) is 2. The first-order chi connectivity index (χ1) is 15.2. The highest BCUT2D eigenvalue weighted by Crippen LogP contribution is 2.22. The maximum Gasteiger partial charge on any atom is 0.490 e. The third-order valence-corrected chi connectivity index (χ3v) is 6.83. The third kappa shape index (κ3) is 9.30. The van der Waals surface area contributed by atoms with Gasteiger partial charge < -0.3 is 15.3 Å². The Balaban J connectivity index is 0.000000675. The van der Waals surface area contributed by atoms with Gasteiger partial charge in [0.2, 0.25) is 15.9 Å². The van der Waals surface area contributed by atoms with Gasteiger partial charge in [-0.05, 0) is 31.4 Å². The Morgan fingerprint density at radius 2 is 1.73 bits per heavy atom. The van der Waals surface area contributed by atoms with E-state index in [4.69, 9.17) is 9.90 Å². The summed E-state index contributed by atoms with van der Waals surface area (Å²) in [6, 6.07) is 5.37. The number of benzene rings is 1. The Morgan fingerprint density at radius 3 is 2.18 bits per heavy atom. The fourth-order valence-electron chi connectivity index (χ4n) is 3.24. The molecule has 1 fully saturated rings. The quantitative estimate of drug-likeness (QED) is 0.602. The maximum atomic E-state index is 13.2. The van der Waals surface area contributed by atoms with Gasteiger partial charge in [0, 0.05) is 45.7 Å². The van der Waals surface area contributed by atoms with E-state index in [0.29, 0.717) is 24.5 Å². The second kappa shape index (κ2) is 12.3. The molecule has 0 unspecified atom stereocenters. The van der Waals surface area contributed by atoms with Crippen LogP contribution in [-0.4, -0.2) is 80.1 Å². The van der Waals surface area contributed by atoms with Gasteiger partial charge in [0.25, 0.3) is 0 Å². The van der Waals surface area contributed by atoms with E-state index in [1.54, 1.807) is 6.07 Å². The van der Waals surface area contributed by atoms with E-state index in [1.165, 1.54) is 4.31 Å². The Kier molecular flexibility index (Phi) is 10.8. The number of piperazine rings is 1. The first-order valence-electron chi connectivity index (χ1n) is 10.5. The summed E-state index contributed by atoms with van der Waals surface area (Å²) in [5.74, 6) is -2.55. The number of carbonyl (C=O) groups is 2. The summed E-state index contributed by atoms with van der Waals surface area (Å²) in [6.45, 7) is 11.3. The lowest BCUT2D eigenvalue weighted by Gasteiger charge is -2.29. The van der Waals surface area contributed by atoms with Crippen molar-refractivity contribution in [1.82, 2.24) is 14.5 Å². The summed E-state index contributed by atoms with van der Waals surface area (Å²) in [6.07, 6.45) is -4.86. The van der Waals surface area contributed by atoms with Crippen molar-refractivity contribution in [1.29, 1.82) is 0 Å². The number of amides is 1. The Labute approximate surface area is 192 Å². The lowest BCUT2D eigenvalue weighted by atomic mass is 10.2. The fraction of sp³-hybridized carbons (Fsp3) is 0.619. The highest BCUT2D eigenvalue weighted by atomic mass is 32.2. The molecule has 0 radical (unpaired) electrons. The smallest absolute Gasteiger partial charge is 0.475 e. The number of nitrogens with zero attached hydrogens (tertiary/aromatic N) is 2. The summed E-state index contributed by atoms with van der Waals surface area (Å²) >= 11 is 0. The highest BCUT2D eigenvalue weighted by molar-refractivity contribution is 7.89. The largest absolute Gasteiger partial charge is 0.490 e. The Bertz CT molecular complexity index is 914. The average Bonchev–Trinajstić information content (AvgIpc) is 2.70. The van der Waals surface area contributed by atoms with Crippen molar-refractivity contribution in [3.63, 3.8) is 0 Å². The number of carbonyl (C=O) groups excluding carboxylic acids is 1. The van der Waals surface area contributed by atoms with E-state index in [2.05, 4.69) is 5.32 Å². The van der Waals surface area contributed by atoms with Crippen molar-refractivity contribution in [3.8, 4) is 0 Å². The predicted octanol–water partition coefficient (Wildman–Crippen LogP) is 2.41. The van der Waals surface area contributed by atoms with Crippen LogP contribution in [0.1, 0.15) is 31.4 Å². The molecule has 2 rings (SSSR count). The zero-order valence-corrected chi connectivity index (χ0v) is 20.1. The van der Waals surface area contributed by atoms with E-state index in [0.717, 1.165) is 24.2 Å². The van der Waals surface area contributed by atoms with E-state index in [9.17, 15) is 26.4 Å². The van der Waals surface area contributed by atoms with Gasteiger partial charge in [-0.25, -0.2) is 13.2 Å². The van der Waals surface area contributed by atoms with Gasteiger partial charge in [0.15, 0.2) is 0 Å². The molecular formula is C21H32F3N3O5S. The number of sulfonamides is 1. The molecule has 0 aromatic heterocycles. The lowest BCUT2D eigenvalue weighted by molar-refractivity contribution is -0.192. The zero-order chi connectivity index (χ0) is 25.4. The molecule has 1 amide bonds.